The lowest BCUT2D eigenvalue weighted by molar-refractivity contribution is 0.0690. The van der Waals surface area contributed by atoms with Crippen LogP contribution < -0.4 is 0 Å². The summed E-state index contributed by atoms with van der Waals surface area (Å²) in [6, 6.07) is 9.09. The van der Waals surface area contributed by atoms with Gasteiger partial charge in [-0.15, -0.1) is 0 Å². The topological polar surface area (TPSA) is 83.8 Å². The summed E-state index contributed by atoms with van der Waals surface area (Å²) >= 11 is 0. The normalized spacial score (nSPS) is 10.7. The third-order valence-corrected chi connectivity index (χ3v) is 2.95. The van der Waals surface area contributed by atoms with Gasteiger partial charge in [-0.25, -0.2) is 9.48 Å². The first kappa shape index (κ1) is 12.2. The minimum Gasteiger partial charge on any atom is -0.477 e. The molecule has 0 saturated heterocycles. The van der Waals surface area contributed by atoms with E-state index in [9.17, 15) is 4.79 Å². The molecule has 0 saturated carbocycles. The van der Waals surface area contributed by atoms with Crippen LogP contribution in [0.1, 0.15) is 16.1 Å². The first-order valence-corrected chi connectivity index (χ1v) is 6.05. The van der Waals surface area contributed by atoms with Crippen molar-refractivity contribution < 1.29 is 9.90 Å². The molecule has 6 heteroatoms. The summed E-state index contributed by atoms with van der Waals surface area (Å²) in [7, 11) is 0. The Morgan fingerprint density at radius 2 is 2.15 bits per heavy atom. The Balaban J connectivity index is 2.11. The van der Waals surface area contributed by atoms with E-state index in [4.69, 9.17) is 5.11 Å². The molecule has 3 rings (SSSR count). The number of carboxylic acid groups (broad SMARTS) is 1. The van der Waals surface area contributed by atoms with Crippen molar-refractivity contribution in [3.8, 4) is 16.9 Å². The van der Waals surface area contributed by atoms with Crippen LogP contribution in [-0.4, -0.2) is 31.1 Å². The maximum absolute atomic E-state index is 10.9. The highest BCUT2D eigenvalue weighted by molar-refractivity contribution is 5.87. The Morgan fingerprint density at radius 1 is 1.35 bits per heavy atom. The first-order valence-electron chi connectivity index (χ1n) is 6.05. The Kier molecular flexibility index (Phi) is 2.83. The standard InChI is InChI=1S/C14H12N4O2/c1-9-7-15-18(8-9)13-5-3-2-4-10(13)11-6-12(14(19)20)17-16-11/h2-8H,1H3,(H,16,17)(H,19,20). The molecular weight excluding hydrogens is 256 g/mol. The summed E-state index contributed by atoms with van der Waals surface area (Å²) in [6.07, 6.45) is 3.67. The molecule has 0 amide bonds. The number of benzene rings is 1. The predicted molar refractivity (Wildman–Crippen MR) is 72.8 cm³/mol. The van der Waals surface area contributed by atoms with Crippen molar-refractivity contribution in [1.82, 2.24) is 20.0 Å². The maximum Gasteiger partial charge on any atom is 0.353 e. The Labute approximate surface area is 114 Å². The van der Waals surface area contributed by atoms with E-state index in [2.05, 4.69) is 15.3 Å². The number of carboxylic acids is 1. The molecule has 0 atom stereocenters. The first-order chi connectivity index (χ1) is 9.65. The third kappa shape index (κ3) is 2.07. The van der Waals surface area contributed by atoms with E-state index in [0.717, 1.165) is 16.8 Å². The van der Waals surface area contributed by atoms with Crippen molar-refractivity contribution in [3.05, 3.63) is 54.0 Å². The largest absolute Gasteiger partial charge is 0.477 e. The zero-order valence-electron chi connectivity index (χ0n) is 10.7. The van der Waals surface area contributed by atoms with Crippen molar-refractivity contribution >= 4 is 5.97 Å². The molecule has 0 aliphatic heterocycles. The Morgan fingerprint density at radius 3 is 2.80 bits per heavy atom. The molecule has 6 nitrogen and oxygen atoms in total. The molecular formula is C14H12N4O2. The Hall–Kier alpha value is -2.89. The summed E-state index contributed by atoms with van der Waals surface area (Å²) in [5.41, 5.74) is 3.36. The van der Waals surface area contributed by atoms with Crippen LogP contribution in [0.5, 0.6) is 0 Å². The molecule has 2 aromatic heterocycles. The van der Waals surface area contributed by atoms with E-state index in [0.29, 0.717) is 5.69 Å². The van der Waals surface area contributed by atoms with E-state index in [1.807, 2.05) is 37.4 Å². The van der Waals surface area contributed by atoms with Crippen molar-refractivity contribution in [3.63, 3.8) is 0 Å². The number of hydrogen-bond acceptors (Lipinski definition) is 3. The fraction of sp³-hybridized carbons (Fsp3) is 0.0714. The molecule has 0 aliphatic carbocycles. The van der Waals surface area contributed by atoms with Gasteiger partial charge in [0.15, 0.2) is 0 Å². The van der Waals surface area contributed by atoms with Gasteiger partial charge in [0.1, 0.15) is 5.69 Å². The number of nitrogens with one attached hydrogen (secondary N) is 1. The quantitative estimate of drug-likeness (QED) is 0.763. The monoisotopic (exact) mass is 268 g/mol. The second-order valence-corrected chi connectivity index (χ2v) is 4.45. The number of aromatic nitrogens is 4. The highest BCUT2D eigenvalue weighted by Crippen LogP contribution is 2.25. The van der Waals surface area contributed by atoms with Gasteiger partial charge < -0.3 is 5.11 Å². The van der Waals surface area contributed by atoms with E-state index in [-0.39, 0.29) is 5.69 Å². The highest BCUT2D eigenvalue weighted by atomic mass is 16.4. The number of aryl methyl sites for hydroxylation is 1. The van der Waals surface area contributed by atoms with Gasteiger partial charge in [0, 0.05) is 11.8 Å². The van der Waals surface area contributed by atoms with Crippen LogP contribution in [0, 0.1) is 6.92 Å². The van der Waals surface area contributed by atoms with Gasteiger partial charge >= 0.3 is 5.97 Å². The average Bonchev–Trinajstić information content (AvgIpc) is 3.07. The van der Waals surface area contributed by atoms with Gasteiger partial charge in [-0.3, -0.25) is 5.10 Å². The summed E-state index contributed by atoms with van der Waals surface area (Å²) in [6.45, 7) is 1.96. The van der Waals surface area contributed by atoms with Crippen molar-refractivity contribution in [2.75, 3.05) is 0 Å². The number of rotatable bonds is 3. The predicted octanol–water partition coefficient (Wildman–Crippen LogP) is 2.27. The lowest BCUT2D eigenvalue weighted by Gasteiger charge is -2.06. The van der Waals surface area contributed by atoms with Gasteiger partial charge in [-0.2, -0.15) is 10.2 Å². The number of carbonyl (C=O) groups is 1. The van der Waals surface area contributed by atoms with Gasteiger partial charge in [0.05, 0.1) is 17.6 Å². The number of hydrogen-bond donors (Lipinski definition) is 2. The SMILES string of the molecule is Cc1cnn(-c2ccccc2-c2cc(C(=O)O)[nH]n2)c1. The van der Waals surface area contributed by atoms with Crippen LogP contribution in [0.4, 0.5) is 0 Å². The van der Waals surface area contributed by atoms with Gasteiger partial charge in [-0.1, -0.05) is 18.2 Å². The molecule has 1 aromatic carbocycles. The maximum atomic E-state index is 10.9. The second-order valence-electron chi connectivity index (χ2n) is 4.45. The fourth-order valence-electron chi connectivity index (χ4n) is 2.00. The molecule has 20 heavy (non-hydrogen) atoms. The molecule has 0 unspecified atom stereocenters. The minimum atomic E-state index is -1.03. The van der Waals surface area contributed by atoms with Crippen LogP contribution in [0.15, 0.2) is 42.7 Å². The average molecular weight is 268 g/mol. The van der Waals surface area contributed by atoms with Crippen LogP contribution in [-0.2, 0) is 0 Å². The molecule has 100 valence electrons. The van der Waals surface area contributed by atoms with Crippen molar-refractivity contribution in [2.45, 2.75) is 6.92 Å². The number of aromatic amines is 1. The number of para-hydroxylation sites is 1. The summed E-state index contributed by atoms with van der Waals surface area (Å²) in [5, 5.41) is 19.8. The second kappa shape index (κ2) is 4.65. The zero-order chi connectivity index (χ0) is 14.1. The van der Waals surface area contributed by atoms with Crippen LogP contribution in [0.3, 0.4) is 0 Å². The Bertz CT molecular complexity index is 773. The minimum absolute atomic E-state index is 0.0615. The van der Waals surface area contributed by atoms with Crippen LogP contribution in [0.25, 0.3) is 16.9 Å². The van der Waals surface area contributed by atoms with E-state index in [1.54, 1.807) is 10.9 Å². The third-order valence-electron chi connectivity index (χ3n) is 2.95. The molecule has 0 radical (unpaired) electrons. The van der Waals surface area contributed by atoms with Gasteiger partial charge in [0.25, 0.3) is 0 Å². The number of aromatic carboxylic acids is 1. The lowest BCUT2D eigenvalue weighted by atomic mass is 10.1. The fourth-order valence-corrected chi connectivity index (χ4v) is 2.00. The summed E-state index contributed by atoms with van der Waals surface area (Å²) < 4.78 is 1.75. The lowest BCUT2D eigenvalue weighted by Crippen LogP contribution is -1.97. The highest BCUT2D eigenvalue weighted by Gasteiger charge is 2.13. The molecule has 0 spiro atoms. The van der Waals surface area contributed by atoms with E-state index in [1.165, 1.54) is 6.07 Å². The van der Waals surface area contributed by atoms with Gasteiger partial charge in [-0.05, 0) is 24.6 Å². The van der Waals surface area contributed by atoms with Crippen LogP contribution in [0.2, 0.25) is 0 Å². The van der Waals surface area contributed by atoms with Gasteiger partial charge in [0.2, 0.25) is 0 Å². The molecule has 3 aromatic rings. The summed E-state index contributed by atoms with van der Waals surface area (Å²) in [4.78, 5) is 10.9. The van der Waals surface area contributed by atoms with Crippen LogP contribution >= 0.6 is 0 Å². The molecule has 2 N–H and O–H groups in total. The van der Waals surface area contributed by atoms with Crippen molar-refractivity contribution in [1.29, 1.82) is 0 Å². The molecule has 0 fully saturated rings. The van der Waals surface area contributed by atoms with E-state index < -0.39 is 5.97 Å². The smallest absolute Gasteiger partial charge is 0.353 e. The number of nitrogens with zero attached hydrogens (tertiary/aromatic N) is 3. The zero-order valence-corrected chi connectivity index (χ0v) is 10.7. The number of H-pyrrole nitrogens is 1. The van der Waals surface area contributed by atoms with Crippen molar-refractivity contribution in [2.24, 2.45) is 0 Å². The molecule has 0 bridgehead atoms. The molecule has 2 heterocycles. The van der Waals surface area contributed by atoms with E-state index >= 15 is 0 Å². The molecule has 0 aliphatic rings. The summed E-state index contributed by atoms with van der Waals surface area (Å²) in [5.74, 6) is -1.03.